The van der Waals surface area contributed by atoms with E-state index < -0.39 is 0 Å². The molecule has 0 aromatic carbocycles. The molecular formula is C18H33NO. The highest BCUT2D eigenvalue weighted by Crippen LogP contribution is 2.39. The molecule has 2 nitrogen and oxygen atoms in total. The molecule has 3 rings (SSSR count). The summed E-state index contributed by atoms with van der Waals surface area (Å²) < 4.78 is 6.82. The van der Waals surface area contributed by atoms with Crippen molar-refractivity contribution in [2.75, 3.05) is 6.54 Å². The molecule has 2 heteroatoms. The van der Waals surface area contributed by atoms with Crippen molar-refractivity contribution in [3.63, 3.8) is 0 Å². The van der Waals surface area contributed by atoms with Crippen LogP contribution in [-0.4, -0.2) is 24.3 Å². The van der Waals surface area contributed by atoms with Gasteiger partial charge in [0.2, 0.25) is 0 Å². The lowest BCUT2D eigenvalue weighted by Crippen LogP contribution is -2.50. The average molecular weight is 279 g/mol. The Morgan fingerprint density at radius 3 is 2.50 bits per heavy atom. The maximum atomic E-state index is 6.82. The van der Waals surface area contributed by atoms with Crippen LogP contribution < -0.4 is 5.32 Å². The van der Waals surface area contributed by atoms with Crippen molar-refractivity contribution in [3.8, 4) is 0 Å². The second-order valence-electron chi connectivity index (χ2n) is 7.96. The van der Waals surface area contributed by atoms with Crippen LogP contribution >= 0.6 is 0 Å². The minimum absolute atomic E-state index is 0.149. The van der Waals surface area contributed by atoms with Crippen LogP contribution in [0.3, 0.4) is 0 Å². The Morgan fingerprint density at radius 1 is 1.00 bits per heavy atom. The van der Waals surface area contributed by atoms with E-state index in [1.54, 1.807) is 0 Å². The SMILES string of the molecule is CC1CCCC(CNC2CC2)(OC2CCCCC2C)C1. The molecule has 3 saturated carbocycles. The summed E-state index contributed by atoms with van der Waals surface area (Å²) in [6, 6.07) is 0.802. The summed E-state index contributed by atoms with van der Waals surface area (Å²) in [4.78, 5) is 0. The molecule has 1 N–H and O–H groups in total. The lowest BCUT2D eigenvalue weighted by atomic mass is 9.77. The van der Waals surface area contributed by atoms with Crippen LogP contribution in [-0.2, 0) is 4.74 Å². The van der Waals surface area contributed by atoms with E-state index in [9.17, 15) is 0 Å². The maximum Gasteiger partial charge on any atom is 0.0812 e. The molecule has 3 aliphatic carbocycles. The van der Waals surface area contributed by atoms with Crippen molar-refractivity contribution in [2.24, 2.45) is 11.8 Å². The zero-order chi connectivity index (χ0) is 14.0. The lowest BCUT2D eigenvalue weighted by Gasteiger charge is -2.45. The van der Waals surface area contributed by atoms with Gasteiger partial charge in [0.05, 0.1) is 11.7 Å². The molecule has 20 heavy (non-hydrogen) atoms. The van der Waals surface area contributed by atoms with Gasteiger partial charge in [0, 0.05) is 12.6 Å². The van der Waals surface area contributed by atoms with E-state index in [1.165, 1.54) is 64.2 Å². The fourth-order valence-electron chi connectivity index (χ4n) is 4.32. The average Bonchev–Trinajstić information content (AvgIpc) is 3.24. The van der Waals surface area contributed by atoms with Gasteiger partial charge in [-0.1, -0.05) is 39.5 Å². The van der Waals surface area contributed by atoms with Crippen LogP contribution in [0.2, 0.25) is 0 Å². The Bertz CT molecular complexity index is 315. The summed E-state index contributed by atoms with van der Waals surface area (Å²) in [6.07, 6.45) is 14.0. The van der Waals surface area contributed by atoms with E-state index in [0.717, 1.165) is 24.4 Å². The zero-order valence-electron chi connectivity index (χ0n) is 13.5. The predicted octanol–water partition coefficient (Wildman–Crippen LogP) is 4.28. The summed E-state index contributed by atoms with van der Waals surface area (Å²) in [5, 5.41) is 3.77. The summed E-state index contributed by atoms with van der Waals surface area (Å²) >= 11 is 0. The van der Waals surface area contributed by atoms with Crippen LogP contribution in [0.15, 0.2) is 0 Å². The van der Waals surface area contributed by atoms with Crippen molar-refractivity contribution in [3.05, 3.63) is 0 Å². The molecule has 4 unspecified atom stereocenters. The van der Waals surface area contributed by atoms with Crippen LogP contribution in [0, 0.1) is 11.8 Å². The van der Waals surface area contributed by atoms with Crippen LogP contribution in [0.5, 0.6) is 0 Å². The predicted molar refractivity (Wildman–Crippen MR) is 83.9 cm³/mol. The van der Waals surface area contributed by atoms with Crippen molar-refractivity contribution in [1.29, 1.82) is 0 Å². The van der Waals surface area contributed by atoms with Gasteiger partial charge in [0.25, 0.3) is 0 Å². The van der Waals surface area contributed by atoms with E-state index in [0.29, 0.717) is 6.10 Å². The maximum absolute atomic E-state index is 6.82. The molecule has 3 fully saturated rings. The molecule has 116 valence electrons. The fourth-order valence-corrected chi connectivity index (χ4v) is 4.32. The summed E-state index contributed by atoms with van der Waals surface area (Å²) in [5.41, 5.74) is 0.149. The molecule has 0 bridgehead atoms. The molecule has 0 aromatic heterocycles. The third-order valence-corrected chi connectivity index (χ3v) is 5.77. The van der Waals surface area contributed by atoms with Gasteiger partial charge in [-0.25, -0.2) is 0 Å². The number of hydrogen-bond donors (Lipinski definition) is 1. The number of nitrogens with one attached hydrogen (secondary N) is 1. The third kappa shape index (κ3) is 3.76. The van der Waals surface area contributed by atoms with E-state index in [4.69, 9.17) is 4.74 Å². The lowest BCUT2D eigenvalue weighted by molar-refractivity contribution is -0.144. The topological polar surface area (TPSA) is 21.3 Å². The minimum Gasteiger partial charge on any atom is -0.370 e. The van der Waals surface area contributed by atoms with Gasteiger partial charge in [0.1, 0.15) is 0 Å². The standard InChI is InChI=1S/C18H33NO/c1-14-6-5-11-18(12-14,13-19-16-9-10-16)20-17-8-4-3-7-15(17)2/h14-17,19H,3-13H2,1-2H3. The molecule has 0 radical (unpaired) electrons. The third-order valence-electron chi connectivity index (χ3n) is 5.77. The molecule has 0 aliphatic heterocycles. The molecule has 3 aliphatic rings. The monoisotopic (exact) mass is 279 g/mol. The Hall–Kier alpha value is -0.0800. The summed E-state index contributed by atoms with van der Waals surface area (Å²) in [7, 11) is 0. The van der Waals surface area contributed by atoms with E-state index in [-0.39, 0.29) is 5.60 Å². The first-order chi connectivity index (χ1) is 9.67. The van der Waals surface area contributed by atoms with Gasteiger partial charge >= 0.3 is 0 Å². The molecule has 0 spiro atoms. The van der Waals surface area contributed by atoms with Crippen molar-refractivity contribution in [2.45, 2.75) is 95.8 Å². The number of ether oxygens (including phenoxy) is 1. The first-order valence-electron chi connectivity index (χ1n) is 9.08. The molecule has 0 heterocycles. The molecule has 0 amide bonds. The van der Waals surface area contributed by atoms with Gasteiger partial charge in [-0.15, -0.1) is 0 Å². The number of rotatable bonds is 5. The van der Waals surface area contributed by atoms with Gasteiger partial charge in [-0.05, 0) is 50.4 Å². The zero-order valence-corrected chi connectivity index (χ0v) is 13.5. The first-order valence-corrected chi connectivity index (χ1v) is 9.08. The Balaban J connectivity index is 1.63. The van der Waals surface area contributed by atoms with Gasteiger partial charge in [-0.2, -0.15) is 0 Å². The Labute approximate surface area is 125 Å². The highest BCUT2D eigenvalue weighted by Gasteiger charge is 2.40. The van der Waals surface area contributed by atoms with Crippen molar-refractivity contribution < 1.29 is 4.74 Å². The molecule has 0 aromatic rings. The van der Waals surface area contributed by atoms with Gasteiger partial charge in [-0.3, -0.25) is 0 Å². The van der Waals surface area contributed by atoms with Gasteiger partial charge < -0.3 is 10.1 Å². The van der Waals surface area contributed by atoms with Crippen LogP contribution in [0.1, 0.15) is 78.1 Å². The van der Waals surface area contributed by atoms with E-state index in [2.05, 4.69) is 19.2 Å². The molecule has 0 saturated heterocycles. The largest absolute Gasteiger partial charge is 0.370 e. The smallest absolute Gasteiger partial charge is 0.0812 e. The first kappa shape index (κ1) is 14.8. The van der Waals surface area contributed by atoms with Crippen molar-refractivity contribution in [1.82, 2.24) is 5.32 Å². The van der Waals surface area contributed by atoms with Gasteiger partial charge in [0.15, 0.2) is 0 Å². The van der Waals surface area contributed by atoms with Crippen LogP contribution in [0.25, 0.3) is 0 Å². The van der Waals surface area contributed by atoms with E-state index in [1.807, 2.05) is 0 Å². The number of hydrogen-bond acceptors (Lipinski definition) is 2. The summed E-state index contributed by atoms with van der Waals surface area (Å²) in [5.74, 6) is 1.60. The highest BCUT2D eigenvalue weighted by molar-refractivity contribution is 4.94. The molecule has 4 atom stereocenters. The second-order valence-corrected chi connectivity index (χ2v) is 7.96. The van der Waals surface area contributed by atoms with Crippen LogP contribution in [0.4, 0.5) is 0 Å². The Kier molecular flexibility index (Phi) is 4.72. The second kappa shape index (κ2) is 6.36. The molecular weight excluding hydrogens is 246 g/mol. The fraction of sp³-hybridized carbons (Fsp3) is 1.00. The van der Waals surface area contributed by atoms with E-state index >= 15 is 0 Å². The highest BCUT2D eigenvalue weighted by atomic mass is 16.5. The summed E-state index contributed by atoms with van der Waals surface area (Å²) in [6.45, 7) is 5.92. The Morgan fingerprint density at radius 2 is 1.80 bits per heavy atom. The normalized spacial score (nSPS) is 42.6. The quantitative estimate of drug-likeness (QED) is 0.811. The minimum atomic E-state index is 0.149. The van der Waals surface area contributed by atoms with Crippen molar-refractivity contribution >= 4 is 0 Å².